The lowest BCUT2D eigenvalue weighted by Gasteiger charge is -2.01. The maximum absolute atomic E-state index is 10.1. The number of thiazole rings is 1. The molecule has 0 aliphatic rings. The van der Waals surface area contributed by atoms with Crippen LogP contribution >= 0.6 is 11.3 Å². The van der Waals surface area contributed by atoms with Crippen LogP contribution in [0.25, 0.3) is 0 Å². The molecule has 0 spiro atoms. The first-order valence-corrected chi connectivity index (χ1v) is 4.85. The molecular weight excluding hydrogens is 174 g/mol. The van der Waals surface area contributed by atoms with Gasteiger partial charge in [0, 0.05) is 11.6 Å². The summed E-state index contributed by atoms with van der Waals surface area (Å²) in [4.78, 5) is 3.64. The van der Waals surface area contributed by atoms with E-state index in [-0.39, 0.29) is 0 Å². The van der Waals surface area contributed by atoms with Crippen LogP contribution in [-0.2, 0) is 15.9 Å². The molecule has 1 aromatic heterocycles. The van der Waals surface area contributed by atoms with Crippen molar-refractivity contribution >= 4 is 21.5 Å². The predicted molar refractivity (Wildman–Crippen MR) is 35.5 cm³/mol. The molecule has 0 saturated heterocycles. The fourth-order valence-electron chi connectivity index (χ4n) is 0.475. The third-order valence-corrected chi connectivity index (χ3v) is 2.37. The molecule has 1 rings (SSSR count). The highest BCUT2D eigenvalue weighted by molar-refractivity contribution is 7.85. The van der Waals surface area contributed by atoms with E-state index in [0.717, 1.165) is 11.3 Å². The Morgan fingerprint density at radius 1 is 1.70 bits per heavy atom. The van der Waals surface area contributed by atoms with Gasteiger partial charge in [0.05, 0.1) is 5.75 Å². The normalized spacial score (nSPS) is 11.7. The molecular formula is C4H4NO3S2-. The second-order valence-corrected chi connectivity index (χ2v) is 4.01. The fourth-order valence-corrected chi connectivity index (χ4v) is 1.96. The average Bonchev–Trinajstić information content (AvgIpc) is 2.12. The maximum atomic E-state index is 10.1. The van der Waals surface area contributed by atoms with Crippen molar-refractivity contribution in [1.82, 2.24) is 4.98 Å². The summed E-state index contributed by atoms with van der Waals surface area (Å²) in [5.41, 5.74) is 0. The highest BCUT2D eigenvalue weighted by atomic mass is 32.2. The molecule has 1 aromatic rings. The summed E-state index contributed by atoms with van der Waals surface area (Å²) in [7, 11) is -4.15. The van der Waals surface area contributed by atoms with E-state index in [2.05, 4.69) is 4.98 Å². The molecule has 0 aliphatic carbocycles. The second kappa shape index (κ2) is 2.65. The highest BCUT2D eigenvalue weighted by Gasteiger charge is 1.99. The summed E-state index contributed by atoms with van der Waals surface area (Å²) in [6, 6.07) is 0. The van der Waals surface area contributed by atoms with Gasteiger partial charge in [0.25, 0.3) is 0 Å². The number of nitrogens with zero attached hydrogens (tertiary/aromatic N) is 1. The molecule has 0 atom stereocenters. The second-order valence-electron chi connectivity index (χ2n) is 1.63. The standard InChI is InChI=1S/C4H5NO3S2/c6-10(7,8)3-4-5-1-2-9-4/h1-2H,3H2,(H,6,7,8)/p-1. The molecule has 0 N–H and O–H groups in total. The Bertz CT molecular complexity index is 288. The maximum Gasteiger partial charge on any atom is 0.106 e. The van der Waals surface area contributed by atoms with Crippen LogP contribution in [0, 0.1) is 0 Å². The Kier molecular flexibility index (Phi) is 2.02. The van der Waals surface area contributed by atoms with E-state index in [1.807, 2.05) is 0 Å². The molecule has 6 heteroatoms. The van der Waals surface area contributed by atoms with Crippen molar-refractivity contribution in [3.05, 3.63) is 16.6 Å². The largest absolute Gasteiger partial charge is 0.748 e. The number of rotatable bonds is 2. The molecule has 0 aliphatic heterocycles. The predicted octanol–water partition coefficient (Wildman–Crippen LogP) is 0.188. The lowest BCUT2D eigenvalue weighted by Crippen LogP contribution is -2.00. The number of hydrogen-bond acceptors (Lipinski definition) is 5. The molecule has 56 valence electrons. The molecule has 0 bridgehead atoms. The van der Waals surface area contributed by atoms with Crippen molar-refractivity contribution < 1.29 is 13.0 Å². The molecule has 0 saturated carbocycles. The van der Waals surface area contributed by atoms with Crippen molar-refractivity contribution in [1.29, 1.82) is 0 Å². The van der Waals surface area contributed by atoms with Gasteiger partial charge >= 0.3 is 0 Å². The van der Waals surface area contributed by atoms with E-state index in [9.17, 15) is 13.0 Å². The summed E-state index contributed by atoms with van der Waals surface area (Å²) < 4.78 is 30.3. The molecule has 0 unspecified atom stereocenters. The quantitative estimate of drug-likeness (QED) is 0.606. The first-order chi connectivity index (χ1) is 4.58. The Morgan fingerprint density at radius 2 is 2.40 bits per heavy atom. The van der Waals surface area contributed by atoms with E-state index in [1.165, 1.54) is 6.20 Å². The lowest BCUT2D eigenvalue weighted by molar-refractivity contribution is 0.462. The Labute approximate surface area is 62.3 Å². The van der Waals surface area contributed by atoms with E-state index in [4.69, 9.17) is 0 Å². The van der Waals surface area contributed by atoms with Gasteiger partial charge in [-0.2, -0.15) is 0 Å². The minimum absolute atomic E-state index is 0.343. The van der Waals surface area contributed by atoms with Gasteiger partial charge in [-0.25, -0.2) is 13.4 Å². The van der Waals surface area contributed by atoms with Gasteiger partial charge in [-0.3, -0.25) is 0 Å². The minimum Gasteiger partial charge on any atom is -0.748 e. The van der Waals surface area contributed by atoms with Crippen LogP contribution in [0.5, 0.6) is 0 Å². The van der Waals surface area contributed by atoms with Crippen LogP contribution in [0.1, 0.15) is 5.01 Å². The van der Waals surface area contributed by atoms with Gasteiger partial charge in [0.1, 0.15) is 15.1 Å². The first kappa shape index (κ1) is 7.64. The Balaban J connectivity index is 2.75. The van der Waals surface area contributed by atoms with Gasteiger partial charge in [-0.15, -0.1) is 11.3 Å². The Hall–Kier alpha value is -0.460. The fraction of sp³-hybridized carbons (Fsp3) is 0.250. The van der Waals surface area contributed by atoms with Gasteiger partial charge in [-0.1, -0.05) is 0 Å². The highest BCUT2D eigenvalue weighted by Crippen LogP contribution is 2.06. The van der Waals surface area contributed by atoms with E-state index >= 15 is 0 Å². The zero-order valence-electron chi connectivity index (χ0n) is 4.85. The van der Waals surface area contributed by atoms with E-state index < -0.39 is 15.9 Å². The molecule has 0 fully saturated rings. The molecule has 0 aromatic carbocycles. The average molecular weight is 178 g/mol. The molecule has 10 heavy (non-hydrogen) atoms. The lowest BCUT2D eigenvalue weighted by atomic mass is 10.8. The molecule has 4 nitrogen and oxygen atoms in total. The summed E-state index contributed by atoms with van der Waals surface area (Å²) in [5.74, 6) is -0.495. The summed E-state index contributed by atoms with van der Waals surface area (Å²) in [6.07, 6.45) is 1.46. The van der Waals surface area contributed by atoms with Crippen LogP contribution in [0.4, 0.5) is 0 Å². The minimum atomic E-state index is -4.15. The smallest absolute Gasteiger partial charge is 0.106 e. The molecule has 0 amide bonds. The Morgan fingerprint density at radius 3 is 2.80 bits per heavy atom. The van der Waals surface area contributed by atoms with Crippen LogP contribution in [-0.4, -0.2) is 18.0 Å². The van der Waals surface area contributed by atoms with Crippen LogP contribution in [0.2, 0.25) is 0 Å². The third-order valence-electron chi connectivity index (χ3n) is 0.784. The zero-order valence-corrected chi connectivity index (χ0v) is 6.48. The van der Waals surface area contributed by atoms with Crippen molar-refractivity contribution in [2.45, 2.75) is 5.75 Å². The van der Waals surface area contributed by atoms with Crippen LogP contribution < -0.4 is 0 Å². The molecule has 1 heterocycles. The van der Waals surface area contributed by atoms with Crippen molar-refractivity contribution in [2.24, 2.45) is 0 Å². The van der Waals surface area contributed by atoms with Gasteiger partial charge in [-0.05, 0) is 0 Å². The SMILES string of the molecule is O=S(=O)([O-])Cc1nccs1. The van der Waals surface area contributed by atoms with E-state index in [1.54, 1.807) is 5.38 Å². The third kappa shape index (κ3) is 2.42. The van der Waals surface area contributed by atoms with Crippen LogP contribution in [0.15, 0.2) is 11.6 Å². The topological polar surface area (TPSA) is 70.1 Å². The summed E-state index contributed by atoms with van der Waals surface area (Å²) >= 11 is 1.16. The van der Waals surface area contributed by atoms with E-state index in [0.29, 0.717) is 5.01 Å². The van der Waals surface area contributed by atoms with Gasteiger partial charge in [0.15, 0.2) is 0 Å². The van der Waals surface area contributed by atoms with Crippen LogP contribution in [0.3, 0.4) is 0 Å². The summed E-state index contributed by atoms with van der Waals surface area (Å²) in [6.45, 7) is 0. The number of hydrogen-bond donors (Lipinski definition) is 0. The van der Waals surface area contributed by atoms with Gasteiger partial charge in [0.2, 0.25) is 0 Å². The number of aromatic nitrogens is 1. The van der Waals surface area contributed by atoms with Crippen molar-refractivity contribution in [3.63, 3.8) is 0 Å². The zero-order chi connectivity index (χ0) is 7.61. The van der Waals surface area contributed by atoms with Gasteiger partial charge < -0.3 is 4.55 Å². The van der Waals surface area contributed by atoms with Crippen molar-refractivity contribution in [3.8, 4) is 0 Å². The summed E-state index contributed by atoms with van der Waals surface area (Å²) in [5, 5.41) is 1.97. The monoisotopic (exact) mass is 178 g/mol. The molecule has 0 radical (unpaired) electrons. The first-order valence-electron chi connectivity index (χ1n) is 2.40. The van der Waals surface area contributed by atoms with Crippen molar-refractivity contribution in [2.75, 3.05) is 0 Å².